The van der Waals surface area contributed by atoms with Crippen LogP contribution in [0.3, 0.4) is 0 Å². The van der Waals surface area contributed by atoms with Gasteiger partial charge in [0.05, 0.1) is 10.5 Å². The van der Waals surface area contributed by atoms with Crippen molar-refractivity contribution in [3.8, 4) is 0 Å². The number of amidine groups is 1. The summed E-state index contributed by atoms with van der Waals surface area (Å²) in [6.45, 7) is 5.07. The molecule has 0 bridgehead atoms. The van der Waals surface area contributed by atoms with Gasteiger partial charge in [0.2, 0.25) is 0 Å². The third kappa shape index (κ3) is 4.83. The Morgan fingerprint density at radius 1 is 1.00 bits per heavy atom. The summed E-state index contributed by atoms with van der Waals surface area (Å²) in [7, 11) is -1.40. The van der Waals surface area contributed by atoms with Crippen molar-refractivity contribution >= 4 is 21.5 Å². The molecule has 1 aliphatic rings. The number of hydrogen-bond acceptors (Lipinski definition) is 7. The number of hydrazine groups is 2. The van der Waals surface area contributed by atoms with Gasteiger partial charge in [0, 0.05) is 24.6 Å². The Kier molecular flexibility index (Phi) is 5.77. The molecule has 3 rings (SSSR count). The topological polar surface area (TPSA) is 90.9 Å². The highest BCUT2D eigenvalue weighted by Crippen LogP contribution is 2.21. The first-order valence-electron chi connectivity index (χ1n) is 9.33. The van der Waals surface area contributed by atoms with Gasteiger partial charge in [-0.25, -0.2) is 14.0 Å². The van der Waals surface area contributed by atoms with Gasteiger partial charge in [-0.05, 0) is 31.9 Å². The van der Waals surface area contributed by atoms with Crippen molar-refractivity contribution in [1.82, 2.24) is 16.1 Å². The highest BCUT2D eigenvalue weighted by Gasteiger charge is 2.28. The van der Waals surface area contributed by atoms with Gasteiger partial charge in [-0.15, -0.1) is 10.6 Å². The number of sulfone groups is 1. The van der Waals surface area contributed by atoms with Crippen LogP contribution in [0.5, 0.6) is 0 Å². The molecule has 8 heteroatoms. The van der Waals surface area contributed by atoms with Crippen molar-refractivity contribution in [2.45, 2.75) is 37.7 Å². The van der Waals surface area contributed by atoms with E-state index in [2.05, 4.69) is 16.2 Å². The van der Waals surface area contributed by atoms with Gasteiger partial charge in [0.25, 0.3) is 0 Å². The van der Waals surface area contributed by atoms with Gasteiger partial charge in [-0.2, -0.15) is 0 Å². The molecule has 2 N–H and O–H groups in total. The lowest BCUT2D eigenvalue weighted by Gasteiger charge is -2.19. The second-order valence-corrected chi connectivity index (χ2v) is 10.8. The molecule has 0 amide bonds. The number of carbonyl (C=O) groups is 1. The van der Waals surface area contributed by atoms with Crippen LogP contribution in [0, 0.1) is 0 Å². The van der Waals surface area contributed by atoms with Crippen molar-refractivity contribution in [3.05, 3.63) is 70.8 Å². The van der Waals surface area contributed by atoms with Crippen molar-refractivity contribution < 1.29 is 13.2 Å². The molecule has 154 valence electrons. The van der Waals surface area contributed by atoms with E-state index in [4.69, 9.17) is 0 Å². The summed E-state index contributed by atoms with van der Waals surface area (Å²) in [5, 5.41) is 5.91. The molecule has 0 aromatic heterocycles. The zero-order valence-electron chi connectivity index (χ0n) is 17.1. The average Bonchev–Trinajstić information content (AvgIpc) is 3.07. The number of Topliss-reactive ketones (excluding diaryl/α,β-unsaturated/α-hetero) is 1. The van der Waals surface area contributed by atoms with Crippen molar-refractivity contribution in [1.29, 1.82) is 0 Å². The van der Waals surface area contributed by atoms with E-state index in [9.17, 15) is 13.2 Å². The molecule has 2 aromatic rings. The highest BCUT2D eigenvalue weighted by atomic mass is 32.2. The first kappa shape index (κ1) is 21.0. The summed E-state index contributed by atoms with van der Waals surface area (Å²) < 4.78 is 23.9. The molecule has 0 atom stereocenters. The molecule has 7 nitrogen and oxygen atoms in total. The lowest BCUT2D eigenvalue weighted by Crippen LogP contribution is -2.37. The second kappa shape index (κ2) is 7.96. The largest absolute Gasteiger partial charge is 0.294 e. The number of carbonyl (C=O) groups excluding carboxylic acids is 1. The number of ketones is 1. The zero-order chi connectivity index (χ0) is 21.2. The summed E-state index contributed by atoms with van der Waals surface area (Å²) in [5.74, 6) is 0.722. The van der Waals surface area contributed by atoms with Crippen LogP contribution in [0.15, 0.2) is 53.6 Å². The van der Waals surface area contributed by atoms with Gasteiger partial charge < -0.3 is 0 Å². The summed E-state index contributed by atoms with van der Waals surface area (Å²) in [6, 6.07) is 14.5. The fourth-order valence-electron chi connectivity index (χ4n) is 2.82. The molecule has 1 aliphatic heterocycles. The first-order chi connectivity index (χ1) is 13.6. The Labute approximate surface area is 171 Å². The van der Waals surface area contributed by atoms with Crippen LogP contribution >= 0.6 is 0 Å². The van der Waals surface area contributed by atoms with Crippen LogP contribution in [0.2, 0.25) is 0 Å². The molecule has 0 saturated carbocycles. The van der Waals surface area contributed by atoms with E-state index >= 15 is 0 Å². The lowest BCUT2D eigenvalue weighted by atomic mass is 10.0. The Morgan fingerprint density at radius 2 is 1.59 bits per heavy atom. The lowest BCUT2D eigenvalue weighted by molar-refractivity contribution is 0.0993. The van der Waals surface area contributed by atoms with E-state index < -0.39 is 14.6 Å². The van der Waals surface area contributed by atoms with Gasteiger partial charge in [0.15, 0.2) is 21.5 Å². The summed E-state index contributed by atoms with van der Waals surface area (Å²) in [4.78, 5) is 12.6. The van der Waals surface area contributed by atoms with E-state index in [1.165, 1.54) is 0 Å². The number of benzene rings is 2. The fourth-order valence-corrected chi connectivity index (χ4v) is 3.89. The van der Waals surface area contributed by atoms with E-state index in [1.54, 1.807) is 50.0 Å². The normalized spacial score (nSPS) is 14.5. The zero-order valence-corrected chi connectivity index (χ0v) is 17.9. The molecule has 1 heterocycles. The first-order valence-corrected chi connectivity index (χ1v) is 11.0. The Morgan fingerprint density at radius 3 is 2.10 bits per heavy atom. The second-order valence-electron chi connectivity index (χ2n) is 8.08. The minimum absolute atomic E-state index is 0.0124. The number of nitrogens with zero attached hydrogens (tertiary/aromatic N) is 2. The van der Waals surface area contributed by atoms with E-state index in [0.717, 1.165) is 17.0 Å². The third-order valence-electron chi connectivity index (χ3n) is 4.84. The SMILES string of the molecule is CN1NNN=C1c1ccc(CC(=O)c2ccc(CS(=O)(=O)C(C)(C)C)cc2)cc1. The molecule has 29 heavy (non-hydrogen) atoms. The summed E-state index contributed by atoms with van der Waals surface area (Å²) in [6.07, 6.45) is 0.277. The maximum atomic E-state index is 12.6. The van der Waals surface area contributed by atoms with Crippen molar-refractivity contribution in [2.24, 2.45) is 5.10 Å². The van der Waals surface area contributed by atoms with Gasteiger partial charge >= 0.3 is 0 Å². The van der Waals surface area contributed by atoms with Crippen LogP contribution in [-0.4, -0.2) is 36.8 Å². The van der Waals surface area contributed by atoms with Crippen molar-refractivity contribution in [3.63, 3.8) is 0 Å². The molecule has 2 aromatic carbocycles. The summed E-state index contributed by atoms with van der Waals surface area (Å²) in [5.41, 5.74) is 8.63. The Bertz CT molecular complexity index is 1020. The molecule has 0 saturated heterocycles. The quantitative estimate of drug-likeness (QED) is 0.706. The maximum Gasteiger partial charge on any atom is 0.172 e. The van der Waals surface area contributed by atoms with Crippen LogP contribution in [-0.2, 0) is 22.0 Å². The van der Waals surface area contributed by atoms with Crippen LogP contribution in [0.4, 0.5) is 0 Å². The van der Waals surface area contributed by atoms with Crippen LogP contribution in [0.25, 0.3) is 0 Å². The minimum atomic E-state index is -3.25. The smallest absolute Gasteiger partial charge is 0.172 e. The Balaban J connectivity index is 1.65. The standard InChI is InChI=1S/C21H26N4O3S/c1-21(2,3)29(27,28)14-16-7-9-17(10-8-16)19(26)13-15-5-11-18(12-6-15)20-22-23-24-25(20)4/h5-12,23-24H,13-14H2,1-4H3. The monoisotopic (exact) mass is 414 g/mol. The minimum Gasteiger partial charge on any atom is -0.294 e. The molecular formula is C21H26N4O3S. The molecule has 0 unspecified atom stereocenters. The number of rotatable bonds is 6. The van der Waals surface area contributed by atoms with Crippen molar-refractivity contribution in [2.75, 3.05) is 7.05 Å². The maximum absolute atomic E-state index is 12.6. The number of hydrazone groups is 1. The van der Waals surface area contributed by atoms with Crippen LogP contribution in [0.1, 0.15) is 47.8 Å². The predicted octanol–water partition coefficient (Wildman–Crippen LogP) is 2.44. The van der Waals surface area contributed by atoms with E-state index in [0.29, 0.717) is 11.1 Å². The molecule has 0 aliphatic carbocycles. The molecule has 0 fully saturated rings. The number of nitrogens with one attached hydrogen (secondary N) is 2. The Hall–Kier alpha value is -2.71. The molecule has 0 spiro atoms. The van der Waals surface area contributed by atoms with E-state index in [1.807, 2.05) is 31.3 Å². The molecule has 0 radical (unpaired) electrons. The molecular weight excluding hydrogens is 388 g/mol. The number of hydrogen-bond donors (Lipinski definition) is 2. The predicted molar refractivity (Wildman–Crippen MR) is 114 cm³/mol. The summed E-state index contributed by atoms with van der Waals surface area (Å²) >= 11 is 0. The average molecular weight is 415 g/mol. The van der Waals surface area contributed by atoms with Gasteiger partial charge in [0.1, 0.15) is 0 Å². The van der Waals surface area contributed by atoms with Gasteiger partial charge in [-0.1, -0.05) is 48.5 Å². The third-order valence-corrected chi connectivity index (χ3v) is 7.42. The van der Waals surface area contributed by atoms with Gasteiger partial charge in [-0.3, -0.25) is 9.80 Å². The van der Waals surface area contributed by atoms with E-state index in [-0.39, 0.29) is 18.0 Å². The highest BCUT2D eigenvalue weighted by molar-refractivity contribution is 7.91. The fraction of sp³-hybridized carbons (Fsp3) is 0.333. The van der Waals surface area contributed by atoms with Crippen LogP contribution < -0.4 is 11.1 Å².